The van der Waals surface area contributed by atoms with Crippen LogP contribution in [0.3, 0.4) is 0 Å². The van der Waals surface area contributed by atoms with Gasteiger partial charge in [0.2, 0.25) is 11.8 Å². The number of carbonyl (C=O) groups is 2. The van der Waals surface area contributed by atoms with Crippen molar-refractivity contribution in [2.75, 3.05) is 17.4 Å². The number of rotatable bonds is 13. The number of halogens is 2. The molecule has 0 heterocycles. The highest BCUT2D eigenvalue weighted by Gasteiger charge is 2.34. The molecule has 0 aliphatic rings. The number of nitrogens with one attached hydrogen (secondary N) is 1. The molecule has 1 N–H and O–H groups in total. The monoisotopic (exact) mass is 679 g/mol. The fraction of sp³-hybridized carbons (Fsp3) is 0.278. The predicted molar refractivity (Wildman–Crippen MR) is 186 cm³/mol. The molecule has 10 heteroatoms. The Balaban J connectivity index is 1.82. The Bertz CT molecular complexity index is 1770. The zero-order valence-electron chi connectivity index (χ0n) is 26.4. The average Bonchev–Trinajstić information content (AvgIpc) is 3.04. The minimum atomic E-state index is -4.18. The minimum Gasteiger partial charge on any atom is -0.354 e. The van der Waals surface area contributed by atoms with Crippen LogP contribution in [-0.2, 0) is 32.6 Å². The number of amides is 2. The van der Waals surface area contributed by atoms with Crippen LogP contribution >= 0.6 is 23.2 Å². The molecule has 0 saturated carbocycles. The molecule has 1 atom stereocenters. The van der Waals surface area contributed by atoms with Crippen LogP contribution in [0.2, 0.25) is 10.0 Å². The Kier molecular flexibility index (Phi) is 11.9. The zero-order valence-corrected chi connectivity index (χ0v) is 28.7. The van der Waals surface area contributed by atoms with Gasteiger partial charge in [-0.15, -0.1) is 0 Å². The van der Waals surface area contributed by atoms with Gasteiger partial charge in [0, 0.05) is 19.5 Å². The Morgan fingerprint density at radius 1 is 0.783 bits per heavy atom. The quantitative estimate of drug-likeness (QED) is 0.162. The van der Waals surface area contributed by atoms with E-state index in [1.54, 1.807) is 48.5 Å². The Morgan fingerprint density at radius 3 is 2.04 bits per heavy atom. The summed E-state index contributed by atoms with van der Waals surface area (Å²) in [7, 11) is -4.18. The van der Waals surface area contributed by atoms with Crippen LogP contribution in [0.15, 0.2) is 102 Å². The fourth-order valence-electron chi connectivity index (χ4n) is 4.94. The molecule has 4 aromatic rings. The van der Waals surface area contributed by atoms with E-state index >= 15 is 0 Å². The summed E-state index contributed by atoms with van der Waals surface area (Å²) in [6.45, 7) is 7.67. The lowest BCUT2D eigenvalue weighted by molar-refractivity contribution is -0.140. The summed E-state index contributed by atoms with van der Waals surface area (Å²) in [5.41, 5.74) is 3.70. The molecule has 46 heavy (non-hydrogen) atoms. The number of nitrogens with zero attached hydrogens (tertiary/aromatic N) is 2. The van der Waals surface area contributed by atoms with Crippen molar-refractivity contribution >= 4 is 50.7 Å². The van der Waals surface area contributed by atoms with Crippen molar-refractivity contribution in [3.8, 4) is 0 Å². The number of hydrogen-bond acceptors (Lipinski definition) is 4. The SMILES string of the molecule is Cc1ccc(N(CC(=O)N(Cc2ccc(Cl)c(Cl)c2)C(Cc2ccccc2)C(=O)NCC(C)C)S(=O)(=O)c2ccccc2)cc1C. The van der Waals surface area contributed by atoms with E-state index in [9.17, 15) is 18.0 Å². The molecule has 0 aliphatic heterocycles. The lowest BCUT2D eigenvalue weighted by Gasteiger charge is -2.34. The summed E-state index contributed by atoms with van der Waals surface area (Å²) >= 11 is 12.5. The van der Waals surface area contributed by atoms with Gasteiger partial charge in [0.1, 0.15) is 12.6 Å². The molecular weight excluding hydrogens is 641 g/mol. The van der Waals surface area contributed by atoms with Crippen molar-refractivity contribution in [2.45, 2.75) is 51.6 Å². The van der Waals surface area contributed by atoms with Gasteiger partial charge in [-0.1, -0.05) is 97.7 Å². The first-order valence-corrected chi connectivity index (χ1v) is 17.3. The normalized spacial score (nSPS) is 12.1. The highest BCUT2D eigenvalue weighted by atomic mass is 35.5. The lowest BCUT2D eigenvalue weighted by Crippen LogP contribution is -2.53. The summed E-state index contributed by atoms with van der Waals surface area (Å²) < 4.78 is 29.4. The number of benzene rings is 4. The summed E-state index contributed by atoms with van der Waals surface area (Å²) in [5, 5.41) is 3.65. The number of carbonyl (C=O) groups excluding carboxylic acids is 2. The van der Waals surface area contributed by atoms with Gasteiger partial charge in [-0.3, -0.25) is 13.9 Å². The van der Waals surface area contributed by atoms with Gasteiger partial charge in [0.25, 0.3) is 10.0 Å². The maximum absolute atomic E-state index is 14.6. The van der Waals surface area contributed by atoms with Gasteiger partial charge in [0.05, 0.1) is 20.6 Å². The molecule has 0 bridgehead atoms. The summed E-state index contributed by atoms with van der Waals surface area (Å²) in [6.07, 6.45) is 0.215. The highest BCUT2D eigenvalue weighted by Crippen LogP contribution is 2.28. The van der Waals surface area contributed by atoms with E-state index < -0.39 is 28.5 Å². The van der Waals surface area contributed by atoms with Gasteiger partial charge in [-0.25, -0.2) is 8.42 Å². The van der Waals surface area contributed by atoms with E-state index in [1.807, 2.05) is 64.1 Å². The fourth-order valence-corrected chi connectivity index (χ4v) is 6.69. The van der Waals surface area contributed by atoms with E-state index in [0.29, 0.717) is 27.8 Å². The van der Waals surface area contributed by atoms with Crippen molar-refractivity contribution in [1.82, 2.24) is 10.2 Å². The summed E-state index contributed by atoms with van der Waals surface area (Å²) in [5.74, 6) is -0.712. The van der Waals surface area contributed by atoms with Crippen molar-refractivity contribution < 1.29 is 18.0 Å². The second-order valence-electron chi connectivity index (χ2n) is 11.7. The van der Waals surface area contributed by atoms with Crippen LogP contribution in [0.1, 0.15) is 36.1 Å². The van der Waals surface area contributed by atoms with Crippen LogP contribution in [0, 0.1) is 19.8 Å². The van der Waals surface area contributed by atoms with Crippen LogP contribution in [-0.4, -0.2) is 44.3 Å². The third kappa shape index (κ3) is 8.90. The molecule has 4 aromatic carbocycles. The lowest BCUT2D eigenvalue weighted by atomic mass is 10.0. The first-order chi connectivity index (χ1) is 21.9. The molecule has 4 rings (SSSR count). The molecule has 0 radical (unpaired) electrons. The first-order valence-electron chi connectivity index (χ1n) is 15.1. The summed E-state index contributed by atoms with van der Waals surface area (Å²) in [4.78, 5) is 29.9. The van der Waals surface area contributed by atoms with Crippen LogP contribution in [0.5, 0.6) is 0 Å². The van der Waals surface area contributed by atoms with Crippen LogP contribution < -0.4 is 9.62 Å². The van der Waals surface area contributed by atoms with Gasteiger partial charge >= 0.3 is 0 Å². The van der Waals surface area contributed by atoms with Gasteiger partial charge in [0.15, 0.2) is 0 Å². The molecule has 0 aromatic heterocycles. The number of aryl methyl sites for hydroxylation is 2. The van der Waals surface area contributed by atoms with Gasteiger partial charge in [-0.05, 0) is 78.4 Å². The van der Waals surface area contributed by atoms with E-state index in [0.717, 1.165) is 21.0 Å². The molecule has 2 amide bonds. The first kappa shape index (κ1) is 35.0. The molecule has 0 spiro atoms. The highest BCUT2D eigenvalue weighted by molar-refractivity contribution is 7.92. The smallest absolute Gasteiger partial charge is 0.264 e. The van der Waals surface area contributed by atoms with Crippen molar-refractivity contribution in [2.24, 2.45) is 5.92 Å². The second-order valence-corrected chi connectivity index (χ2v) is 14.4. The topological polar surface area (TPSA) is 86.8 Å². The third-order valence-electron chi connectivity index (χ3n) is 7.68. The predicted octanol–water partition coefficient (Wildman–Crippen LogP) is 7.22. The van der Waals surface area contributed by atoms with Gasteiger partial charge < -0.3 is 10.2 Å². The van der Waals surface area contributed by atoms with Gasteiger partial charge in [-0.2, -0.15) is 0 Å². The maximum atomic E-state index is 14.6. The van der Waals surface area contributed by atoms with Crippen LogP contribution in [0.4, 0.5) is 5.69 Å². The molecule has 7 nitrogen and oxygen atoms in total. The van der Waals surface area contributed by atoms with Crippen LogP contribution in [0.25, 0.3) is 0 Å². The van der Waals surface area contributed by atoms with E-state index in [4.69, 9.17) is 23.2 Å². The number of hydrogen-bond donors (Lipinski definition) is 1. The maximum Gasteiger partial charge on any atom is 0.264 e. The zero-order chi connectivity index (χ0) is 33.4. The largest absolute Gasteiger partial charge is 0.354 e. The molecule has 0 saturated heterocycles. The standard InChI is InChI=1S/C36H39Cl2N3O4S/c1-25(2)22-39-36(43)34(21-28-11-7-5-8-12-28)40(23-29-16-18-32(37)33(38)20-29)35(42)24-41(30-17-15-26(3)27(4)19-30)46(44,45)31-13-9-6-10-14-31/h5-20,25,34H,21-24H2,1-4H3,(H,39,43). The van der Waals surface area contributed by atoms with Crippen molar-refractivity contribution in [1.29, 1.82) is 0 Å². The minimum absolute atomic E-state index is 0.00548. The molecule has 1 unspecified atom stereocenters. The molecular formula is C36H39Cl2N3O4S. The molecule has 0 fully saturated rings. The summed E-state index contributed by atoms with van der Waals surface area (Å²) in [6, 6.07) is 26.8. The Morgan fingerprint density at radius 2 is 1.43 bits per heavy atom. The van der Waals surface area contributed by atoms with Crippen molar-refractivity contribution in [3.63, 3.8) is 0 Å². The molecule has 242 valence electrons. The van der Waals surface area contributed by atoms with E-state index in [1.165, 1.54) is 17.0 Å². The number of sulfonamides is 1. The van der Waals surface area contributed by atoms with E-state index in [2.05, 4.69) is 5.32 Å². The molecule has 0 aliphatic carbocycles. The van der Waals surface area contributed by atoms with Crippen molar-refractivity contribution in [3.05, 3.63) is 129 Å². The second kappa shape index (κ2) is 15.6. The number of anilines is 1. The Labute approximate surface area is 282 Å². The average molecular weight is 681 g/mol. The third-order valence-corrected chi connectivity index (χ3v) is 10.2. The van der Waals surface area contributed by atoms with E-state index in [-0.39, 0.29) is 29.7 Å². The Hall–Kier alpha value is -3.85.